The Morgan fingerprint density at radius 2 is 2.23 bits per heavy atom. The van der Waals surface area contributed by atoms with Gasteiger partial charge >= 0.3 is 0 Å². The van der Waals surface area contributed by atoms with E-state index in [4.69, 9.17) is 0 Å². The number of carbonyl (C=O) groups is 1. The molecule has 0 radical (unpaired) electrons. The molecule has 0 spiro atoms. The highest BCUT2D eigenvalue weighted by Gasteiger charge is 2.10. The van der Waals surface area contributed by atoms with Crippen molar-refractivity contribution in [2.24, 2.45) is 0 Å². The van der Waals surface area contributed by atoms with E-state index in [0.717, 1.165) is 11.0 Å². The second kappa shape index (κ2) is 3.20. The minimum Gasteiger partial charge on any atom is -0.298 e. The summed E-state index contributed by atoms with van der Waals surface area (Å²) in [5, 5.41) is 2.39. The number of thiophene rings is 1. The van der Waals surface area contributed by atoms with Gasteiger partial charge in [-0.3, -0.25) is 4.79 Å². The number of benzene rings is 1. The van der Waals surface area contributed by atoms with Gasteiger partial charge in [-0.15, -0.1) is 11.3 Å². The summed E-state index contributed by atoms with van der Waals surface area (Å²) >= 11 is 4.56. The molecule has 0 fully saturated rings. The molecule has 4 heteroatoms. The third-order valence-electron chi connectivity index (χ3n) is 1.79. The highest BCUT2D eigenvalue weighted by atomic mass is 79.9. The monoisotopic (exact) mass is 258 g/mol. The Balaban J connectivity index is 2.93. The SMILES string of the molecule is O=Cc1csc2ccc(F)c(Br)c12. The Hall–Kier alpha value is -0.740. The lowest BCUT2D eigenvalue weighted by atomic mass is 10.2. The number of hydrogen-bond donors (Lipinski definition) is 0. The first-order chi connectivity index (χ1) is 6.24. The van der Waals surface area contributed by atoms with E-state index < -0.39 is 0 Å². The zero-order valence-corrected chi connectivity index (χ0v) is 8.78. The van der Waals surface area contributed by atoms with E-state index in [1.807, 2.05) is 0 Å². The Morgan fingerprint density at radius 3 is 2.92 bits per heavy atom. The van der Waals surface area contributed by atoms with Crippen molar-refractivity contribution < 1.29 is 9.18 Å². The van der Waals surface area contributed by atoms with Crippen molar-refractivity contribution in [1.82, 2.24) is 0 Å². The third kappa shape index (κ3) is 1.30. The summed E-state index contributed by atoms with van der Waals surface area (Å²) in [5.74, 6) is -0.339. The van der Waals surface area contributed by atoms with Gasteiger partial charge in [0.1, 0.15) is 5.82 Å². The summed E-state index contributed by atoms with van der Waals surface area (Å²) in [4.78, 5) is 10.6. The van der Waals surface area contributed by atoms with Crippen LogP contribution in [0.15, 0.2) is 22.0 Å². The summed E-state index contributed by atoms with van der Waals surface area (Å²) in [6, 6.07) is 3.06. The van der Waals surface area contributed by atoms with Crippen molar-refractivity contribution in [3.05, 3.63) is 33.4 Å². The van der Waals surface area contributed by atoms with E-state index in [-0.39, 0.29) is 5.82 Å². The molecular formula is C9H4BrFOS. The van der Waals surface area contributed by atoms with Crippen molar-refractivity contribution in [3.8, 4) is 0 Å². The molecule has 0 aliphatic rings. The quantitative estimate of drug-likeness (QED) is 0.715. The van der Waals surface area contributed by atoms with Crippen molar-refractivity contribution in [1.29, 1.82) is 0 Å². The molecule has 0 saturated heterocycles. The number of hydrogen-bond acceptors (Lipinski definition) is 2. The fraction of sp³-hybridized carbons (Fsp3) is 0. The second-order valence-electron chi connectivity index (χ2n) is 2.54. The zero-order chi connectivity index (χ0) is 9.42. The van der Waals surface area contributed by atoms with Gasteiger partial charge in [-0.2, -0.15) is 0 Å². The van der Waals surface area contributed by atoms with Crippen LogP contribution in [0.5, 0.6) is 0 Å². The predicted octanol–water partition coefficient (Wildman–Crippen LogP) is 3.62. The Labute approximate surface area is 86.3 Å². The maximum atomic E-state index is 13.1. The first kappa shape index (κ1) is 8.84. The molecule has 1 aromatic carbocycles. The maximum Gasteiger partial charge on any atom is 0.151 e. The lowest BCUT2D eigenvalue weighted by Gasteiger charge is -1.96. The third-order valence-corrected chi connectivity index (χ3v) is 3.53. The molecule has 0 saturated carbocycles. The van der Waals surface area contributed by atoms with Gasteiger partial charge < -0.3 is 0 Å². The molecule has 66 valence electrons. The molecule has 1 heterocycles. The van der Waals surface area contributed by atoms with Gasteiger partial charge in [-0.25, -0.2) is 4.39 Å². The van der Waals surface area contributed by atoms with Crippen LogP contribution >= 0.6 is 27.3 Å². The van der Waals surface area contributed by atoms with Crippen LogP contribution in [-0.2, 0) is 0 Å². The zero-order valence-electron chi connectivity index (χ0n) is 6.38. The summed E-state index contributed by atoms with van der Waals surface area (Å²) in [6.07, 6.45) is 0.739. The van der Waals surface area contributed by atoms with Crippen LogP contribution in [0.2, 0.25) is 0 Å². The average Bonchev–Trinajstić information content (AvgIpc) is 2.55. The standard InChI is InChI=1S/C9H4BrFOS/c10-9-6(11)1-2-7-8(9)5(3-12)4-13-7/h1-4H. The maximum absolute atomic E-state index is 13.1. The number of halogens is 2. The Bertz CT molecular complexity index is 478. The van der Waals surface area contributed by atoms with Crippen LogP contribution in [0.3, 0.4) is 0 Å². The largest absolute Gasteiger partial charge is 0.298 e. The van der Waals surface area contributed by atoms with Gasteiger partial charge in [0.25, 0.3) is 0 Å². The number of carbonyl (C=O) groups excluding carboxylic acids is 1. The highest BCUT2D eigenvalue weighted by molar-refractivity contribution is 9.10. The van der Waals surface area contributed by atoms with Gasteiger partial charge in [0.05, 0.1) is 4.47 Å². The van der Waals surface area contributed by atoms with Gasteiger partial charge in [0, 0.05) is 21.0 Å². The van der Waals surface area contributed by atoms with Gasteiger partial charge in [0.15, 0.2) is 6.29 Å². The van der Waals surface area contributed by atoms with Crippen LogP contribution < -0.4 is 0 Å². The fourth-order valence-corrected chi connectivity index (χ4v) is 2.79. The summed E-state index contributed by atoms with van der Waals surface area (Å²) in [5.41, 5.74) is 0.534. The van der Waals surface area contributed by atoms with Crippen LogP contribution in [0.4, 0.5) is 4.39 Å². The minimum absolute atomic E-state index is 0.339. The van der Waals surface area contributed by atoms with Crippen LogP contribution in [0.1, 0.15) is 10.4 Å². The summed E-state index contributed by atoms with van der Waals surface area (Å²) in [7, 11) is 0. The smallest absolute Gasteiger partial charge is 0.151 e. The number of fused-ring (bicyclic) bond motifs is 1. The highest BCUT2D eigenvalue weighted by Crippen LogP contribution is 2.33. The molecule has 2 rings (SSSR count). The molecule has 1 nitrogen and oxygen atoms in total. The molecule has 0 aliphatic heterocycles. The van der Waals surface area contributed by atoms with E-state index in [1.54, 1.807) is 11.4 Å². The van der Waals surface area contributed by atoms with Crippen LogP contribution in [-0.4, -0.2) is 6.29 Å². The molecule has 0 aliphatic carbocycles. The molecule has 0 amide bonds. The minimum atomic E-state index is -0.339. The lowest BCUT2D eigenvalue weighted by Crippen LogP contribution is -1.80. The average molecular weight is 259 g/mol. The first-order valence-corrected chi connectivity index (χ1v) is 5.21. The van der Waals surface area contributed by atoms with Gasteiger partial charge in [0.2, 0.25) is 0 Å². The predicted molar refractivity (Wildman–Crippen MR) is 54.9 cm³/mol. The van der Waals surface area contributed by atoms with Gasteiger partial charge in [-0.05, 0) is 28.1 Å². The van der Waals surface area contributed by atoms with Gasteiger partial charge in [-0.1, -0.05) is 0 Å². The van der Waals surface area contributed by atoms with Crippen molar-refractivity contribution in [2.75, 3.05) is 0 Å². The van der Waals surface area contributed by atoms with Crippen molar-refractivity contribution in [2.45, 2.75) is 0 Å². The molecule has 0 N–H and O–H groups in total. The first-order valence-electron chi connectivity index (χ1n) is 3.54. The van der Waals surface area contributed by atoms with E-state index in [1.165, 1.54) is 17.4 Å². The molecular weight excluding hydrogens is 255 g/mol. The van der Waals surface area contributed by atoms with Crippen LogP contribution in [0, 0.1) is 5.82 Å². The van der Waals surface area contributed by atoms with Crippen molar-refractivity contribution >= 4 is 43.6 Å². The Kier molecular flexibility index (Phi) is 2.17. The van der Waals surface area contributed by atoms with E-state index in [9.17, 15) is 9.18 Å². The van der Waals surface area contributed by atoms with Crippen LogP contribution in [0.25, 0.3) is 10.1 Å². The summed E-state index contributed by atoms with van der Waals surface area (Å²) < 4.78 is 14.4. The molecule has 1 aromatic heterocycles. The Morgan fingerprint density at radius 1 is 1.46 bits per heavy atom. The summed E-state index contributed by atoms with van der Waals surface area (Å²) in [6.45, 7) is 0. The second-order valence-corrected chi connectivity index (χ2v) is 4.25. The van der Waals surface area contributed by atoms with Crippen molar-refractivity contribution in [3.63, 3.8) is 0 Å². The molecule has 13 heavy (non-hydrogen) atoms. The topological polar surface area (TPSA) is 17.1 Å². The molecule has 0 unspecified atom stereocenters. The normalized spacial score (nSPS) is 10.6. The van der Waals surface area contributed by atoms with E-state index in [2.05, 4.69) is 15.9 Å². The molecule has 2 aromatic rings. The molecule has 0 atom stereocenters. The number of aldehydes is 1. The fourth-order valence-electron chi connectivity index (χ4n) is 1.17. The lowest BCUT2D eigenvalue weighted by molar-refractivity contribution is 0.112. The van der Waals surface area contributed by atoms with E-state index in [0.29, 0.717) is 15.4 Å². The molecule has 0 bridgehead atoms. The van der Waals surface area contributed by atoms with E-state index >= 15 is 0 Å². The number of rotatable bonds is 1.